The van der Waals surface area contributed by atoms with E-state index in [1.54, 1.807) is 26.2 Å². The number of aryl methyl sites for hydroxylation is 2. The Kier molecular flexibility index (Phi) is 9.83. The van der Waals surface area contributed by atoms with Crippen molar-refractivity contribution in [2.75, 3.05) is 18.9 Å². The lowest BCUT2D eigenvalue weighted by molar-refractivity contribution is 0.252. The molecule has 0 saturated heterocycles. The molecule has 35 heavy (non-hydrogen) atoms. The van der Waals surface area contributed by atoms with Gasteiger partial charge < -0.3 is 16.1 Å². The van der Waals surface area contributed by atoms with Crippen LogP contribution in [0.15, 0.2) is 30.1 Å². The Morgan fingerprint density at radius 1 is 1.17 bits per heavy atom. The number of aromatic nitrogens is 3. The van der Waals surface area contributed by atoms with Gasteiger partial charge in [-0.1, -0.05) is 45.1 Å². The van der Waals surface area contributed by atoms with E-state index in [-0.39, 0.29) is 5.92 Å². The fourth-order valence-electron chi connectivity index (χ4n) is 4.59. The van der Waals surface area contributed by atoms with E-state index >= 15 is 0 Å². The third-order valence-corrected chi connectivity index (χ3v) is 7.19. The van der Waals surface area contributed by atoms with Crippen molar-refractivity contribution in [1.82, 2.24) is 20.0 Å². The normalized spacial score (nSPS) is 17.0. The van der Waals surface area contributed by atoms with Crippen LogP contribution in [-0.4, -0.2) is 39.7 Å². The lowest BCUT2D eigenvalue weighted by Gasteiger charge is -2.23. The summed E-state index contributed by atoms with van der Waals surface area (Å²) in [6, 6.07) is 5.97. The number of nitrogens with one attached hydrogen (secondary N) is 1. The molecule has 3 rings (SSSR count). The van der Waals surface area contributed by atoms with Crippen molar-refractivity contribution in [3.8, 4) is 0 Å². The van der Waals surface area contributed by atoms with Crippen LogP contribution >= 0.6 is 0 Å². The number of hydrogen-bond acceptors (Lipinski definition) is 7. The van der Waals surface area contributed by atoms with Crippen LogP contribution in [0.2, 0.25) is 0 Å². The van der Waals surface area contributed by atoms with Gasteiger partial charge in [0.05, 0.1) is 29.8 Å². The SMILES string of the molecule is Cc1nc(/C(N)=C(\CNc2ccnc(CCC(C)C(C)F)n2)N(C)N)ccc1CC1CCCCC1. The summed E-state index contributed by atoms with van der Waals surface area (Å²) < 4.78 is 13.4. The Morgan fingerprint density at radius 3 is 2.57 bits per heavy atom. The molecule has 5 N–H and O–H groups in total. The number of pyridine rings is 1. The summed E-state index contributed by atoms with van der Waals surface area (Å²) in [5, 5.41) is 4.81. The minimum Gasteiger partial charge on any atom is -0.395 e. The van der Waals surface area contributed by atoms with E-state index in [2.05, 4.69) is 28.3 Å². The predicted octanol–water partition coefficient (Wildman–Crippen LogP) is 4.77. The Balaban J connectivity index is 1.68. The molecular formula is C27H42FN7. The molecule has 2 unspecified atom stereocenters. The van der Waals surface area contributed by atoms with Crippen molar-refractivity contribution in [3.63, 3.8) is 0 Å². The minimum absolute atomic E-state index is 0.0274. The molecule has 2 heterocycles. The van der Waals surface area contributed by atoms with Crippen molar-refractivity contribution in [1.29, 1.82) is 0 Å². The molecule has 1 saturated carbocycles. The maximum atomic E-state index is 13.4. The largest absolute Gasteiger partial charge is 0.395 e. The third-order valence-electron chi connectivity index (χ3n) is 7.19. The Labute approximate surface area is 209 Å². The lowest BCUT2D eigenvalue weighted by Crippen LogP contribution is -2.32. The molecule has 1 aliphatic rings. The summed E-state index contributed by atoms with van der Waals surface area (Å²) in [7, 11) is 1.76. The average molecular weight is 484 g/mol. The maximum absolute atomic E-state index is 13.4. The topological polar surface area (TPSA) is 106 Å². The molecule has 192 valence electrons. The van der Waals surface area contributed by atoms with Gasteiger partial charge in [-0.25, -0.2) is 20.2 Å². The molecule has 8 heteroatoms. The second kappa shape index (κ2) is 12.8. The van der Waals surface area contributed by atoms with Crippen LogP contribution in [-0.2, 0) is 12.8 Å². The molecule has 0 aromatic carbocycles. The van der Waals surface area contributed by atoms with Crippen LogP contribution in [0.25, 0.3) is 5.70 Å². The van der Waals surface area contributed by atoms with Crippen LogP contribution in [0.1, 0.15) is 75.1 Å². The number of likely N-dealkylation sites (N-methyl/N-ethyl adjacent to an activating group) is 1. The third kappa shape index (κ3) is 7.88. The molecule has 0 aliphatic heterocycles. The Bertz CT molecular complexity index is 983. The summed E-state index contributed by atoms with van der Waals surface area (Å²) in [6.45, 7) is 5.94. The summed E-state index contributed by atoms with van der Waals surface area (Å²) in [5.41, 5.74) is 10.8. The lowest BCUT2D eigenvalue weighted by atomic mass is 9.84. The zero-order valence-electron chi connectivity index (χ0n) is 21.7. The van der Waals surface area contributed by atoms with E-state index in [0.717, 1.165) is 29.4 Å². The maximum Gasteiger partial charge on any atom is 0.130 e. The highest BCUT2D eigenvalue weighted by Gasteiger charge is 2.17. The first-order valence-electron chi connectivity index (χ1n) is 12.9. The smallest absolute Gasteiger partial charge is 0.130 e. The Morgan fingerprint density at radius 2 is 1.91 bits per heavy atom. The van der Waals surface area contributed by atoms with Gasteiger partial charge in [-0.15, -0.1) is 0 Å². The summed E-state index contributed by atoms with van der Waals surface area (Å²) in [6.07, 6.45) is 9.97. The molecular weight excluding hydrogens is 441 g/mol. The molecule has 0 radical (unpaired) electrons. The summed E-state index contributed by atoms with van der Waals surface area (Å²) >= 11 is 0. The first-order valence-corrected chi connectivity index (χ1v) is 12.9. The molecule has 0 spiro atoms. The van der Waals surface area contributed by atoms with Crippen molar-refractivity contribution >= 4 is 11.5 Å². The second-order valence-electron chi connectivity index (χ2n) is 10.0. The molecule has 0 amide bonds. The highest BCUT2D eigenvalue weighted by molar-refractivity contribution is 5.64. The zero-order valence-corrected chi connectivity index (χ0v) is 21.7. The summed E-state index contributed by atoms with van der Waals surface area (Å²) in [4.78, 5) is 13.7. The standard InChI is InChI=1S/C27H42FN7/c1-18(19(2)28)10-13-25-31-15-14-26(34-25)32-17-24(35(4)30)27(29)23-12-11-22(20(3)33-23)16-21-8-6-5-7-9-21/h11-12,14-15,18-19,21H,5-10,13,16-17,29-30H2,1-4H3,(H,31,32,34)/b27-24-. The average Bonchev–Trinajstić information content (AvgIpc) is 2.84. The van der Waals surface area contributed by atoms with Gasteiger partial charge >= 0.3 is 0 Å². The van der Waals surface area contributed by atoms with Crippen LogP contribution in [0.5, 0.6) is 0 Å². The number of halogens is 1. The van der Waals surface area contributed by atoms with Gasteiger partial charge in [0.25, 0.3) is 0 Å². The van der Waals surface area contributed by atoms with E-state index in [4.69, 9.17) is 16.6 Å². The van der Waals surface area contributed by atoms with Crippen molar-refractivity contribution < 1.29 is 4.39 Å². The van der Waals surface area contributed by atoms with Gasteiger partial charge in [0.1, 0.15) is 11.6 Å². The van der Waals surface area contributed by atoms with Gasteiger partial charge in [0.2, 0.25) is 0 Å². The minimum atomic E-state index is -0.842. The number of hydrazine groups is 1. The number of nitrogens with zero attached hydrogens (tertiary/aromatic N) is 4. The first kappa shape index (κ1) is 26.9. The van der Waals surface area contributed by atoms with Crippen molar-refractivity contribution in [3.05, 3.63) is 52.9 Å². The van der Waals surface area contributed by atoms with Gasteiger partial charge in [-0.05, 0) is 56.2 Å². The number of anilines is 1. The molecule has 2 aromatic rings. The number of nitrogens with two attached hydrogens (primary N) is 2. The van der Waals surface area contributed by atoms with E-state index in [0.29, 0.717) is 36.7 Å². The van der Waals surface area contributed by atoms with E-state index in [1.165, 1.54) is 42.7 Å². The molecule has 0 bridgehead atoms. The molecule has 7 nitrogen and oxygen atoms in total. The monoisotopic (exact) mass is 483 g/mol. The second-order valence-corrected chi connectivity index (χ2v) is 10.0. The molecule has 2 atom stereocenters. The van der Waals surface area contributed by atoms with Gasteiger partial charge in [0, 0.05) is 25.4 Å². The number of hydrogen-bond donors (Lipinski definition) is 3. The van der Waals surface area contributed by atoms with Crippen LogP contribution in [0.3, 0.4) is 0 Å². The highest BCUT2D eigenvalue weighted by Crippen LogP contribution is 2.28. The number of alkyl halides is 1. The molecule has 1 fully saturated rings. The quantitative estimate of drug-likeness (QED) is 0.312. The van der Waals surface area contributed by atoms with E-state index in [1.807, 2.05) is 13.0 Å². The van der Waals surface area contributed by atoms with E-state index in [9.17, 15) is 4.39 Å². The van der Waals surface area contributed by atoms with Crippen LogP contribution < -0.4 is 16.9 Å². The molecule has 2 aromatic heterocycles. The van der Waals surface area contributed by atoms with Gasteiger partial charge in [0.15, 0.2) is 0 Å². The highest BCUT2D eigenvalue weighted by atomic mass is 19.1. The van der Waals surface area contributed by atoms with Gasteiger partial charge in [-0.3, -0.25) is 4.98 Å². The van der Waals surface area contributed by atoms with Crippen molar-refractivity contribution in [2.45, 2.75) is 78.3 Å². The number of rotatable bonds is 11. The van der Waals surface area contributed by atoms with Gasteiger partial charge in [-0.2, -0.15) is 0 Å². The van der Waals surface area contributed by atoms with Crippen LogP contribution in [0, 0.1) is 18.8 Å². The van der Waals surface area contributed by atoms with Crippen LogP contribution in [0.4, 0.5) is 10.2 Å². The van der Waals surface area contributed by atoms with Crippen molar-refractivity contribution in [2.24, 2.45) is 23.4 Å². The Hall–Kier alpha value is -2.74. The fraction of sp³-hybridized carbons (Fsp3) is 0.593. The fourth-order valence-corrected chi connectivity index (χ4v) is 4.59. The zero-order chi connectivity index (χ0) is 25.4. The van der Waals surface area contributed by atoms with E-state index < -0.39 is 6.17 Å². The first-order chi connectivity index (χ1) is 16.7. The predicted molar refractivity (Wildman–Crippen MR) is 141 cm³/mol. The summed E-state index contributed by atoms with van der Waals surface area (Å²) in [5.74, 6) is 8.23. The molecule has 1 aliphatic carbocycles.